The van der Waals surface area contributed by atoms with Gasteiger partial charge in [0.05, 0.1) is 0 Å². The molecule has 1 aromatic heterocycles. The van der Waals surface area contributed by atoms with E-state index in [4.69, 9.17) is 5.73 Å². The Labute approximate surface area is 74.2 Å². The zero-order chi connectivity index (χ0) is 8.27. The maximum Gasteiger partial charge on any atom is 0.220 e. The maximum atomic E-state index is 5.39. The number of nitrogens with zero attached hydrogens (tertiary/aromatic N) is 2. The summed E-state index contributed by atoms with van der Waals surface area (Å²) in [4.78, 5) is 7.94. The number of hydrogen-bond acceptors (Lipinski definition) is 3. The first-order chi connectivity index (χ1) is 5.24. The van der Waals surface area contributed by atoms with E-state index >= 15 is 0 Å². The van der Waals surface area contributed by atoms with Gasteiger partial charge >= 0.3 is 0 Å². The quantitative estimate of drug-likeness (QED) is 0.758. The van der Waals surface area contributed by atoms with E-state index in [-0.39, 0.29) is 0 Å². The molecule has 0 aliphatic carbocycles. The van der Waals surface area contributed by atoms with E-state index in [1.54, 1.807) is 6.20 Å². The van der Waals surface area contributed by atoms with E-state index in [0.717, 1.165) is 23.0 Å². The van der Waals surface area contributed by atoms with Crippen molar-refractivity contribution in [3.8, 4) is 0 Å². The Balaban J connectivity index is 2.90. The lowest BCUT2D eigenvalue weighted by Gasteiger charge is -2.01. The summed E-state index contributed by atoms with van der Waals surface area (Å²) in [5, 5.41) is 0.932. The van der Waals surface area contributed by atoms with Gasteiger partial charge in [0.2, 0.25) is 5.95 Å². The molecular formula is C7H10BrN3. The molecule has 1 aromatic rings. The van der Waals surface area contributed by atoms with E-state index < -0.39 is 0 Å². The van der Waals surface area contributed by atoms with E-state index in [2.05, 4.69) is 25.9 Å². The molecule has 0 saturated heterocycles. The van der Waals surface area contributed by atoms with E-state index in [9.17, 15) is 0 Å². The molecule has 0 aliphatic rings. The number of rotatable bonds is 2. The van der Waals surface area contributed by atoms with Crippen molar-refractivity contribution in [1.29, 1.82) is 0 Å². The predicted octanol–water partition coefficient (Wildman–Crippen LogP) is 1.30. The van der Waals surface area contributed by atoms with E-state index in [0.29, 0.717) is 5.95 Å². The van der Waals surface area contributed by atoms with Crippen LogP contribution in [0.25, 0.3) is 0 Å². The lowest BCUT2D eigenvalue weighted by Crippen LogP contribution is -2.00. The zero-order valence-corrected chi connectivity index (χ0v) is 7.93. The highest BCUT2D eigenvalue weighted by Gasteiger charge is 1.99. The van der Waals surface area contributed by atoms with Crippen molar-refractivity contribution in [2.75, 3.05) is 11.1 Å². The van der Waals surface area contributed by atoms with Crippen molar-refractivity contribution in [3.63, 3.8) is 0 Å². The van der Waals surface area contributed by atoms with Gasteiger partial charge in [0.1, 0.15) is 0 Å². The van der Waals surface area contributed by atoms with Crippen LogP contribution in [0, 0.1) is 6.92 Å². The number of hydrogen-bond donors (Lipinski definition) is 1. The fourth-order valence-corrected chi connectivity index (χ4v) is 1.28. The molecule has 11 heavy (non-hydrogen) atoms. The summed E-state index contributed by atoms with van der Waals surface area (Å²) < 4.78 is 0. The molecular weight excluding hydrogens is 206 g/mol. The van der Waals surface area contributed by atoms with Gasteiger partial charge < -0.3 is 5.73 Å². The molecule has 0 atom stereocenters. The highest BCUT2D eigenvalue weighted by Crippen LogP contribution is 2.06. The summed E-state index contributed by atoms with van der Waals surface area (Å²) in [6.45, 7) is 1.94. The molecule has 3 nitrogen and oxygen atoms in total. The van der Waals surface area contributed by atoms with Crippen LogP contribution < -0.4 is 5.73 Å². The number of aromatic nitrogens is 2. The molecule has 0 amide bonds. The van der Waals surface area contributed by atoms with Crippen LogP contribution in [0.3, 0.4) is 0 Å². The van der Waals surface area contributed by atoms with E-state index in [1.165, 1.54) is 0 Å². The Kier molecular flexibility index (Phi) is 2.82. The van der Waals surface area contributed by atoms with Gasteiger partial charge in [0, 0.05) is 17.2 Å². The second kappa shape index (κ2) is 3.67. The topological polar surface area (TPSA) is 51.8 Å². The van der Waals surface area contributed by atoms with Crippen molar-refractivity contribution >= 4 is 21.9 Å². The van der Waals surface area contributed by atoms with Crippen molar-refractivity contribution in [2.24, 2.45) is 0 Å². The van der Waals surface area contributed by atoms with Crippen LogP contribution in [-0.4, -0.2) is 15.3 Å². The monoisotopic (exact) mass is 215 g/mol. The summed E-state index contributed by atoms with van der Waals surface area (Å²) in [5.74, 6) is 0.348. The maximum absolute atomic E-state index is 5.39. The number of alkyl halides is 1. The lowest BCUT2D eigenvalue weighted by molar-refractivity contribution is 1.02. The van der Waals surface area contributed by atoms with Gasteiger partial charge in [0.25, 0.3) is 0 Å². The molecule has 60 valence electrons. The molecule has 0 bridgehead atoms. The Morgan fingerprint density at radius 2 is 2.36 bits per heavy atom. The summed E-state index contributed by atoms with van der Waals surface area (Å²) >= 11 is 3.35. The van der Waals surface area contributed by atoms with Gasteiger partial charge in [-0.2, -0.15) is 0 Å². The Bertz CT molecular complexity index is 249. The van der Waals surface area contributed by atoms with Crippen molar-refractivity contribution in [3.05, 3.63) is 17.5 Å². The minimum Gasteiger partial charge on any atom is -0.368 e. The van der Waals surface area contributed by atoms with Gasteiger partial charge in [0.15, 0.2) is 0 Å². The summed E-state index contributed by atoms with van der Waals surface area (Å²) in [6, 6.07) is 0. The van der Waals surface area contributed by atoms with Crippen LogP contribution in [0.2, 0.25) is 0 Å². The molecule has 0 aliphatic heterocycles. The number of aryl methyl sites for hydroxylation is 2. The molecule has 0 spiro atoms. The van der Waals surface area contributed by atoms with Gasteiger partial charge in [-0.25, -0.2) is 9.97 Å². The summed E-state index contributed by atoms with van der Waals surface area (Å²) in [5.41, 5.74) is 7.51. The third-order valence-electron chi connectivity index (χ3n) is 1.46. The Morgan fingerprint density at radius 3 is 2.91 bits per heavy atom. The zero-order valence-electron chi connectivity index (χ0n) is 6.34. The second-order valence-electron chi connectivity index (χ2n) is 2.28. The molecule has 4 heteroatoms. The number of anilines is 1. The van der Waals surface area contributed by atoms with Crippen LogP contribution in [0.4, 0.5) is 5.95 Å². The molecule has 1 heterocycles. The number of nitrogen functional groups attached to an aromatic ring is 1. The molecule has 0 radical (unpaired) electrons. The molecule has 0 aromatic carbocycles. The van der Waals surface area contributed by atoms with Crippen LogP contribution >= 0.6 is 15.9 Å². The molecule has 1 rings (SSSR count). The SMILES string of the molecule is Cc1nc(N)ncc1CCBr. The second-order valence-corrected chi connectivity index (χ2v) is 3.07. The van der Waals surface area contributed by atoms with Gasteiger partial charge in [-0.3, -0.25) is 0 Å². The highest BCUT2D eigenvalue weighted by molar-refractivity contribution is 9.09. The highest BCUT2D eigenvalue weighted by atomic mass is 79.9. The Morgan fingerprint density at radius 1 is 1.64 bits per heavy atom. The smallest absolute Gasteiger partial charge is 0.220 e. The Hall–Kier alpha value is -0.640. The van der Waals surface area contributed by atoms with Crippen LogP contribution in [0.1, 0.15) is 11.3 Å². The molecule has 0 saturated carbocycles. The van der Waals surface area contributed by atoms with Crippen molar-refractivity contribution < 1.29 is 0 Å². The molecule has 2 N–H and O–H groups in total. The first kappa shape index (κ1) is 8.46. The van der Waals surface area contributed by atoms with E-state index in [1.807, 2.05) is 6.92 Å². The molecule has 0 unspecified atom stereocenters. The largest absolute Gasteiger partial charge is 0.368 e. The first-order valence-corrected chi connectivity index (χ1v) is 4.50. The lowest BCUT2D eigenvalue weighted by atomic mass is 10.2. The minimum atomic E-state index is 0.348. The minimum absolute atomic E-state index is 0.348. The molecule has 0 fully saturated rings. The fourth-order valence-electron chi connectivity index (χ4n) is 0.857. The number of halogens is 1. The third kappa shape index (κ3) is 2.15. The predicted molar refractivity (Wildman–Crippen MR) is 48.7 cm³/mol. The normalized spacial score (nSPS) is 10.0. The van der Waals surface area contributed by atoms with Gasteiger partial charge in [-0.1, -0.05) is 15.9 Å². The standard InChI is InChI=1S/C7H10BrN3/c1-5-6(2-3-8)4-10-7(9)11-5/h4H,2-3H2,1H3,(H2,9,10,11). The average Bonchev–Trinajstić information content (AvgIpc) is 1.95. The van der Waals surface area contributed by atoms with Gasteiger partial charge in [-0.05, 0) is 18.9 Å². The summed E-state index contributed by atoms with van der Waals surface area (Å²) in [6.07, 6.45) is 2.73. The average molecular weight is 216 g/mol. The van der Waals surface area contributed by atoms with Crippen molar-refractivity contribution in [1.82, 2.24) is 9.97 Å². The third-order valence-corrected chi connectivity index (χ3v) is 1.86. The van der Waals surface area contributed by atoms with Gasteiger partial charge in [-0.15, -0.1) is 0 Å². The summed E-state index contributed by atoms with van der Waals surface area (Å²) in [7, 11) is 0. The van der Waals surface area contributed by atoms with Crippen LogP contribution in [0.15, 0.2) is 6.20 Å². The fraction of sp³-hybridized carbons (Fsp3) is 0.429. The number of nitrogens with two attached hydrogens (primary N) is 1. The first-order valence-electron chi connectivity index (χ1n) is 3.38. The van der Waals surface area contributed by atoms with Crippen LogP contribution in [-0.2, 0) is 6.42 Å². The van der Waals surface area contributed by atoms with Crippen LogP contribution in [0.5, 0.6) is 0 Å². The van der Waals surface area contributed by atoms with Crippen molar-refractivity contribution in [2.45, 2.75) is 13.3 Å².